The molecule has 0 aromatic carbocycles. The van der Waals surface area contributed by atoms with E-state index in [-0.39, 0.29) is 5.69 Å². The van der Waals surface area contributed by atoms with Gasteiger partial charge in [0.25, 0.3) is 0 Å². The topological polar surface area (TPSA) is 38.9 Å². The third kappa shape index (κ3) is 1.48. The van der Waals surface area contributed by atoms with E-state index in [2.05, 4.69) is 10.1 Å². The summed E-state index contributed by atoms with van der Waals surface area (Å²) in [6, 6.07) is 2.56. The molecule has 0 spiro atoms. The van der Waals surface area contributed by atoms with Gasteiger partial charge in [-0.25, -0.2) is 13.8 Å². The molecule has 0 aliphatic heterocycles. The lowest BCUT2D eigenvalue weighted by Crippen LogP contribution is -1.88. The predicted molar refractivity (Wildman–Crippen MR) is 44.4 cm³/mol. The number of hydrogen-bond donors (Lipinski definition) is 0. The van der Waals surface area contributed by atoms with Crippen LogP contribution in [0.2, 0.25) is 0 Å². The van der Waals surface area contributed by atoms with Gasteiger partial charge in [-0.1, -0.05) is 5.16 Å². The van der Waals surface area contributed by atoms with Crippen molar-refractivity contribution in [2.24, 2.45) is 0 Å². The summed E-state index contributed by atoms with van der Waals surface area (Å²) in [5, 5.41) is 3.61. The molecule has 2 aromatic rings. The number of rotatable bonds is 1. The molecular formula is C9H6F2N2O. The zero-order valence-corrected chi connectivity index (χ0v) is 7.29. The normalized spacial score (nSPS) is 10.5. The minimum Gasteiger partial charge on any atom is -0.354 e. The van der Waals surface area contributed by atoms with Gasteiger partial charge in [0.05, 0.1) is 11.9 Å². The molecule has 0 saturated carbocycles. The van der Waals surface area contributed by atoms with Crippen molar-refractivity contribution in [2.75, 3.05) is 0 Å². The Morgan fingerprint density at radius 2 is 2.00 bits per heavy atom. The van der Waals surface area contributed by atoms with Crippen LogP contribution in [0.15, 0.2) is 22.9 Å². The van der Waals surface area contributed by atoms with Gasteiger partial charge in [0.15, 0.2) is 17.4 Å². The lowest BCUT2D eigenvalue weighted by atomic mass is 10.2. The van der Waals surface area contributed by atoms with Crippen LogP contribution >= 0.6 is 0 Å². The largest absolute Gasteiger partial charge is 0.354 e. The number of nitrogens with zero attached hydrogens (tertiary/aromatic N) is 2. The van der Waals surface area contributed by atoms with Crippen molar-refractivity contribution in [1.82, 2.24) is 10.1 Å². The van der Waals surface area contributed by atoms with Gasteiger partial charge < -0.3 is 4.52 Å². The Balaban J connectivity index is 2.47. The Morgan fingerprint density at radius 1 is 1.21 bits per heavy atom. The van der Waals surface area contributed by atoms with Crippen molar-refractivity contribution in [2.45, 2.75) is 6.92 Å². The number of aryl methyl sites for hydroxylation is 1. The molecule has 0 unspecified atom stereocenters. The first kappa shape index (κ1) is 8.80. The van der Waals surface area contributed by atoms with E-state index in [4.69, 9.17) is 4.52 Å². The Kier molecular flexibility index (Phi) is 1.99. The van der Waals surface area contributed by atoms with E-state index in [0.717, 1.165) is 12.3 Å². The van der Waals surface area contributed by atoms with Crippen LogP contribution in [0.4, 0.5) is 8.78 Å². The second-order valence-electron chi connectivity index (χ2n) is 2.82. The highest BCUT2D eigenvalue weighted by molar-refractivity contribution is 5.51. The summed E-state index contributed by atoms with van der Waals surface area (Å²) >= 11 is 0. The summed E-state index contributed by atoms with van der Waals surface area (Å²) in [7, 11) is 0. The lowest BCUT2D eigenvalue weighted by Gasteiger charge is -1.95. The van der Waals surface area contributed by atoms with Crippen LogP contribution in [0.5, 0.6) is 0 Å². The molecule has 2 rings (SSSR count). The van der Waals surface area contributed by atoms with Crippen molar-refractivity contribution in [3.05, 3.63) is 35.7 Å². The third-order valence-electron chi connectivity index (χ3n) is 1.69. The first-order valence-corrected chi connectivity index (χ1v) is 3.91. The average Bonchev–Trinajstić information content (AvgIpc) is 2.57. The van der Waals surface area contributed by atoms with Crippen molar-refractivity contribution < 1.29 is 13.3 Å². The second-order valence-corrected chi connectivity index (χ2v) is 2.82. The maximum Gasteiger partial charge on any atom is 0.185 e. The summed E-state index contributed by atoms with van der Waals surface area (Å²) in [5.41, 5.74) is 0.885. The summed E-state index contributed by atoms with van der Waals surface area (Å²) in [4.78, 5) is 3.67. The molecule has 0 bridgehead atoms. The molecule has 0 aliphatic rings. The predicted octanol–water partition coefficient (Wildman–Crippen LogP) is 2.32. The van der Waals surface area contributed by atoms with Crippen molar-refractivity contribution in [3.63, 3.8) is 0 Å². The zero-order chi connectivity index (χ0) is 10.1. The van der Waals surface area contributed by atoms with Crippen LogP contribution in [0.3, 0.4) is 0 Å². The number of aromatic nitrogens is 2. The highest BCUT2D eigenvalue weighted by Gasteiger charge is 2.09. The van der Waals surface area contributed by atoms with E-state index < -0.39 is 11.6 Å². The molecule has 0 aliphatic carbocycles. The van der Waals surface area contributed by atoms with Crippen molar-refractivity contribution in [3.8, 4) is 11.5 Å². The minimum atomic E-state index is -0.981. The lowest BCUT2D eigenvalue weighted by molar-refractivity contribution is 0.425. The maximum absolute atomic E-state index is 12.8. The molecule has 3 nitrogen and oxygen atoms in total. The maximum atomic E-state index is 12.8. The van der Waals surface area contributed by atoms with Crippen LogP contribution in [0.25, 0.3) is 11.5 Å². The minimum absolute atomic E-state index is 0.226. The van der Waals surface area contributed by atoms with Crippen molar-refractivity contribution >= 4 is 0 Å². The fourth-order valence-electron chi connectivity index (χ4n) is 1.03. The quantitative estimate of drug-likeness (QED) is 0.702. The average molecular weight is 196 g/mol. The highest BCUT2D eigenvalue weighted by Crippen LogP contribution is 2.19. The summed E-state index contributed by atoms with van der Waals surface area (Å²) in [5.74, 6) is -1.62. The highest BCUT2D eigenvalue weighted by atomic mass is 19.2. The molecule has 0 amide bonds. The van der Waals surface area contributed by atoms with Gasteiger partial charge in [-0.3, -0.25) is 0 Å². The van der Waals surface area contributed by atoms with Crippen LogP contribution in [0.1, 0.15) is 5.69 Å². The molecule has 0 fully saturated rings. The molecule has 0 saturated heterocycles. The Morgan fingerprint density at radius 3 is 2.57 bits per heavy atom. The molecular weight excluding hydrogens is 190 g/mol. The van der Waals surface area contributed by atoms with Gasteiger partial charge >= 0.3 is 0 Å². The first-order valence-electron chi connectivity index (χ1n) is 3.91. The summed E-state index contributed by atoms with van der Waals surface area (Å²) in [6.07, 6.45) is 0.808. The fourth-order valence-corrected chi connectivity index (χ4v) is 1.03. The Bertz CT molecular complexity index is 468. The van der Waals surface area contributed by atoms with Gasteiger partial charge in [0.1, 0.15) is 5.69 Å². The van der Waals surface area contributed by atoms with E-state index in [0.29, 0.717) is 11.5 Å². The van der Waals surface area contributed by atoms with Gasteiger partial charge in [0, 0.05) is 12.1 Å². The van der Waals surface area contributed by atoms with Crippen LogP contribution in [-0.4, -0.2) is 10.1 Å². The zero-order valence-electron chi connectivity index (χ0n) is 7.29. The van der Waals surface area contributed by atoms with Crippen molar-refractivity contribution in [1.29, 1.82) is 0 Å². The summed E-state index contributed by atoms with van der Waals surface area (Å²) < 4.78 is 30.2. The monoisotopic (exact) mass is 196 g/mol. The molecule has 5 heteroatoms. The Labute approximate surface area is 78.4 Å². The first-order chi connectivity index (χ1) is 6.66. The molecule has 0 radical (unpaired) electrons. The number of hydrogen-bond acceptors (Lipinski definition) is 3. The second kappa shape index (κ2) is 3.17. The van der Waals surface area contributed by atoms with E-state index >= 15 is 0 Å². The van der Waals surface area contributed by atoms with E-state index in [1.165, 1.54) is 0 Å². The van der Waals surface area contributed by atoms with Gasteiger partial charge in [-0.15, -0.1) is 0 Å². The SMILES string of the molecule is Cc1cc(-c2cc(F)c(F)cn2)on1. The molecule has 0 atom stereocenters. The number of halogens is 2. The molecule has 2 heterocycles. The van der Waals surface area contributed by atoms with Gasteiger partial charge in [0.2, 0.25) is 0 Å². The summed E-state index contributed by atoms with van der Waals surface area (Å²) in [6.45, 7) is 1.73. The smallest absolute Gasteiger partial charge is 0.185 e. The molecule has 14 heavy (non-hydrogen) atoms. The molecule has 0 N–H and O–H groups in total. The third-order valence-corrected chi connectivity index (χ3v) is 1.69. The fraction of sp³-hybridized carbons (Fsp3) is 0.111. The Hall–Kier alpha value is -1.78. The van der Waals surface area contributed by atoms with Crippen LogP contribution < -0.4 is 0 Å². The molecule has 2 aromatic heterocycles. The van der Waals surface area contributed by atoms with Crippen LogP contribution in [0, 0.1) is 18.6 Å². The van der Waals surface area contributed by atoms with Gasteiger partial charge in [-0.2, -0.15) is 0 Å². The molecule has 72 valence electrons. The van der Waals surface area contributed by atoms with E-state index in [1.54, 1.807) is 13.0 Å². The standard InChI is InChI=1S/C9H6F2N2O/c1-5-2-9(14-13-5)8-3-6(10)7(11)4-12-8/h2-4H,1H3. The van der Waals surface area contributed by atoms with E-state index in [1.807, 2.05) is 0 Å². The number of pyridine rings is 1. The van der Waals surface area contributed by atoms with Gasteiger partial charge in [-0.05, 0) is 6.92 Å². The van der Waals surface area contributed by atoms with E-state index in [9.17, 15) is 8.78 Å². The van der Waals surface area contributed by atoms with Crippen LogP contribution in [-0.2, 0) is 0 Å².